The fraction of sp³-hybridized carbons (Fsp3) is 0.143. The number of rotatable bonds is 2. The first-order valence-corrected chi connectivity index (χ1v) is 11.7. The van der Waals surface area contributed by atoms with Crippen LogP contribution >= 0.6 is 0 Å². The molecule has 0 radical (unpaired) electrons. The number of hydrogen-bond acceptors (Lipinski definition) is 4. The van der Waals surface area contributed by atoms with E-state index in [1.54, 1.807) is 19.2 Å². The number of amides is 1. The molecule has 36 heavy (non-hydrogen) atoms. The van der Waals surface area contributed by atoms with Crippen molar-refractivity contribution >= 4 is 23.1 Å². The average molecular weight is 480 g/mol. The van der Waals surface area contributed by atoms with Gasteiger partial charge in [0.2, 0.25) is 5.91 Å². The van der Waals surface area contributed by atoms with Crippen molar-refractivity contribution in [2.75, 3.05) is 17.7 Å². The minimum Gasteiger partial charge on any atom is -0.497 e. The third kappa shape index (κ3) is 2.50. The molecule has 1 spiro atoms. The number of methoxy groups -OCH3 is 1. The molecule has 0 saturated carbocycles. The summed E-state index contributed by atoms with van der Waals surface area (Å²) >= 11 is 0. The van der Waals surface area contributed by atoms with Crippen LogP contribution in [-0.4, -0.2) is 22.8 Å². The molecular weight excluding hydrogens is 459 g/mol. The first-order valence-electron chi connectivity index (χ1n) is 11.7. The number of aromatic amines is 1. The highest BCUT2D eigenvalue weighted by Crippen LogP contribution is 2.56. The number of fused-ring (bicyclic) bond motifs is 7. The van der Waals surface area contributed by atoms with E-state index in [4.69, 9.17) is 4.74 Å². The highest BCUT2D eigenvalue weighted by Gasteiger charge is 2.58. The van der Waals surface area contributed by atoms with Crippen LogP contribution in [0.25, 0.3) is 11.4 Å². The third-order valence-electron chi connectivity index (χ3n) is 7.51. The second-order valence-corrected chi connectivity index (χ2v) is 9.21. The smallest absolute Gasteiger partial charge is 0.278 e. The molecule has 3 N–H and O–H groups in total. The minimum absolute atomic E-state index is 0.120. The maximum Gasteiger partial charge on any atom is 0.278 e. The lowest BCUT2D eigenvalue weighted by atomic mass is 9.64. The van der Waals surface area contributed by atoms with Crippen LogP contribution in [0.5, 0.6) is 5.75 Å². The summed E-state index contributed by atoms with van der Waals surface area (Å²) < 4.78 is 21.8. The van der Waals surface area contributed by atoms with E-state index >= 15 is 0 Å². The van der Waals surface area contributed by atoms with E-state index < -0.39 is 17.1 Å². The Morgan fingerprint density at radius 1 is 0.972 bits per heavy atom. The van der Waals surface area contributed by atoms with E-state index in [1.165, 1.54) is 10.7 Å². The molecule has 1 aliphatic carbocycles. The molecular formula is C28H21FN4O3. The monoisotopic (exact) mass is 480 g/mol. The zero-order chi connectivity index (χ0) is 24.6. The summed E-state index contributed by atoms with van der Waals surface area (Å²) in [5, 5.41) is 9.37. The van der Waals surface area contributed by atoms with Crippen molar-refractivity contribution in [2.24, 2.45) is 0 Å². The molecule has 3 aromatic carbocycles. The fourth-order valence-electron chi connectivity index (χ4n) is 5.96. The number of para-hydroxylation sites is 2. The lowest BCUT2D eigenvalue weighted by Gasteiger charge is -2.39. The van der Waals surface area contributed by atoms with Crippen LogP contribution in [-0.2, 0) is 16.6 Å². The Hall–Kier alpha value is -4.59. The molecule has 4 aromatic rings. The van der Waals surface area contributed by atoms with E-state index in [-0.39, 0.29) is 16.8 Å². The number of ether oxygens (including phenoxy) is 1. The van der Waals surface area contributed by atoms with Crippen molar-refractivity contribution in [3.8, 4) is 11.4 Å². The van der Waals surface area contributed by atoms with Gasteiger partial charge in [-0.1, -0.05) is 30.3 Å². The normalized spacial score (nSPS) is 19.2. The van der Waals surface area contributed by atoms with Gasteiger partial charge in [-0.2, -0.15) is 0 Å². The number of nitrogens with one attached hydrogen (secondary N) is 3. The van der Waals surface area contributed by atoms with Crippen molar-refractivity contribution in [2.45, 2.75) is 18.3 Å². The van der Waals surface area contributed by atoms with Gasteiger partial charge in [-0.15, -0.1) is 0 Å². The molecule has 7 rings (SSSR count). The molecule has 0 bridgehead atoms. The standard InChI is InChI=1S/C28H21FN4O3/c1-36-17-11-12-18-15(14-17)10-13-20-23(18)30-25-22(26(34)33(32-25)16-6-3-2-4-7-16)28(20)19-8-5-9-21(29)24(19)31-27(28)35/h2-9,11-12,14,30,32H,10,13H2,1H3,(H,31,35). The topological polar surface area (TPSA) is 88.2 Å². The van der Waals surface area contributed by atoms with Crippen LogP contribution in [0.1, 0.15) is 28.7 Å². The van der Waals surface area contributed by atoms with Crippen LogP contribution in [0.2, 0.25) is 0 Å². The van der Waals surface area contributed by atoms with Crippen molar-refractivity contribution in [1.29, 1.82) is 0 Å². The molecule has 1 aromatic heterocycles. The number of benzene rings is 3. The molecule has 178 valence electrons. The summed E-state index contributed by atoms with van der Waals surface area (Å²) in [6.07, 6.45) is 1.17. The summed E-state index contributed by atoms with van der Waals surface area (Å²) in [6, 6.07) is 19.6. The molecule has 8 heteroatoms. The lowest BCUT2D eigenvalue weighted by Crippen LogP contribution is -2.45. The number of carbonyl (C=O) groups is 1. The van der Waals surface area contributed by atoms with E-state index in [9.17, 15) is 14.0 Å². The predicted molar refractivity (Wildman–Crippen MR) is 134 cm³/mol. The molecule has 3 heterocycles. The Balaban J connectivity index is 1.57. The lowest BCUT2D eigenvalue weighted by molar-refractivity contribution is -0.118. The number of carbonyl (C=O) groups excluding carboxylic acids is 1. The van der Waals surface area contributed by atoms with Crippen LogP contribution < -0.4 is 20.9 Å². The number of hydrogen-bond donors (Lipinski definition) is 3. The molecule has 1 unspecified atom stereocenters. The molecule has 7 nitrogen and oxygen atoms in total. The van der Waals surface area contributed by atoms with E-state index in [1.807, 2.05) is 48.5 Å². The van der Waals surface area contributed by atoms with Gasteiger partial charge in [0.15, 0.2) is 0 Å². The summed E-state index contributed by atoms with van der Waals surface area (Å²) in [7, 11) is 1.63. The van der Waals surface area contributed by atoms with E-state index in [0.29, 0.717) is 29.9 Å². The van der Waals surface area contributed by atoms with Gasteiger partial charge in [0.25, 0.3) is 5.56 Å². The number of anilines is 2. The van der Waals surface area contributed by atoms with Crippen molar-refractivity contribution in [3.05, 3.63) is 111 Å². The van der Waals surface area contributed by atoms with Crippen LogP contribution in [0.15, 0.2) is 77.1 Å². The van der Waals surface area contributed by atoms with Gasteiger partial charge >= 0.3 is 0 Å². The highest BCUT2D eigenvalue weighted by atomic mass is 19.1. The zero-order valence-corrected chi connectivity index (χ0v) is 19.3. The molecule has 3 aliphatic rings. The van der Waals surface area contributed by atoms with Crippen LogP contribution in [0, 0.1) is 5.82 Å². The Bertz CT molecular complexity index is 1680. The number of halogens is 1. The summed E-state index contributed by atoms with van der Waals surface area (Å²) in [5.41, 5.74) is 3.16. The predicted octanol–water partition coefficient (Wildman–Crippen LogP) is 4.33. The largest absolute Gasteiger partial charge is 0.497 e. The Morgan fingerprint density at radius 2 is 1.81 bits per heavy atom. The Labute approximate surface area is 205 Å². The summed E-state index contributed by atoms with van der Waals surface area (Å²) in [6.45, 7) is 0. The Morgan fingerprint density at radius 3 is 2.61 bits per heavy atom. The highest BCUT2D eigenvalue weighted by molar-refractivity contribution is 6.15. The van der Waals surface area contributed by atoms with Gasteiger partial charge in [-0.05, 0) is 60.4 Å². The number of H-pyrrole nitrogens is 1. The average Bonchev–Trinajstić information content (AvgIpc) is 3.39. The molecule has 0 fully saturated rings. The van der Waals surface area contributed by atoms with Gasteiger partial charge in [-0.3, -0.25) is 14.7 Å². The maximum absolute atomic E-state index is 14.9. The SMILES string of the molecule is COc1ccc2c(c1)CCC1=C2Nc2[nH]n(-c3ccccc3)c(=O)c2C12C(=O)Nc1c(F)cccc12. The first-order chi connectivity index (χ1) is 17.5. The molecule has 1 atom stereocenters. The second-order valence-electron chi connectivity index (χ2n) is 9.21. The Kier molecular flexibility index (Phi) is 4.16. The first kappa shape index (κ1) is 20.8. The molecule has 0 saturated heterocycles. The van der Waals surface area contributed by atoms with Gasteiger partial charge < -0.3 is 15.4 Å². The van der Waals surface area contributed by atoms with E-state index in [2.05, 4.69) is 15.7 Å². The van der Waals surface area contributed by atoms with Crippen molar-refractivity contribution < 1.29 is 13.9 Å². The fourth-order valence-corrected chi connectivity index (χ4v) is 5.96. The van der Waals surface area contributed by atoms with Crippen molar-refractivity contribution in [3.63, 3.8) is 0 Å². The van der Waals surface area contributed by atoms with E-state index in [0.717, 1.165) is 28.1 Å². The zero-order valence-electron chi connectivity index (χ0n) is 19.3. The van der Waals surface area contributed by atoms with Crippen molar-refractivity contribution in [1.82, 2.24) is 9.78 Å². The second kappa shape index (κ2) is 7.21. The summed E-state index contributed by atoms with van der Waals surface area (Å²) in [4.78, 5) is 28.0. The number of aryl methyl sites for hydroxylation is 1. The van der Waals surface area contributed by atoms with Gasteiger partial charge in [0.1, 0.15) is 22.8 Å². The molecule has 2 aliphatic heterocycles. The van der Waals surface area contributed by atoms with Gasteiger partial charge in [0.05, 0.1) is 24.0 Å². The van der Waals surface area contributed by atoms with Crippen LogP contribution in [0.3, 0.4) is 0 Å². The van der Waals surface area contributed by atoms with Gasteiger partial charge in [0, 0.05) is 16.8 Å². The molecule has 1 amide bonds. The minimum atomic E-state index is -1.46. The number of aromatic nitrogens is 2. The maximum atomic E-state index is 14.9. The number of nitrogens with zero attached hydrogens (tertiary/aromatic N) is 1. The van der Waals surface area contributed by atoms with Gasteiger partial charge in [-0.25, -0.2) is 9.07 Å². The quantitative estimate of drug-likeness (QED) is 0.399. The third-order valence-corrected chi connectivity index (χ3v) is 7.51. The summed E-state index contributed by atoms with van der Waals surface area (Å²) in [5.74, 6) is 0.211. The van der Waals surface area contributed by atoms with Crippen LogP contribution in [0.4, 0.5) is 15.9 Å².